The first-order valence-electron chi connectivity index (χ1n) is 10.5. The van der Waals surface area contributed by atoms with Gasteiger partial charge in [-0.3, -0.25) is 4.79 Å². The molecule has 2 N–H and O–H groups in total. The molecule has 0 aliphatic heterocycles. The number of nitrogens with one attached hydrogen (secondary N) is 2. The SMILES string of the molecule is COc1ccccc1[C@@H](Nc1nc(C)cc(C)n1)c1c(NC(=O)c2ccco2)sc(C)c1C. The molecule has 0 unspecified atom stereocenters. The lowest BCUT2D eigenvalue weighted by atomic mass is 9.95. The van der Waals surface area contributed by atoms with Crippen LogP contribution in [0.2, 0.25) is 0 Å². The highest BCUT2D eigenvalue weighted by Gasteiger charge is 2.28. The van der Waals surface area contributed by atoms with Crippen LogP contribution in [0.4, 0.5) is 10.9 Å². The summed E-state index contributed by atoms with van der Waals surface area (Å²) < 4.78 is 11.0. The standard InChI is InChI=1S/C25H26N4O3S/c1-14-13-15(2)27-25(26-14)28-22(18-9-6-7-10-19(18)31-5)21-16(3)17(4)33-24(21)29-23(30)20-11-8-12-32-20/h6-13,22H,1-5H3,(H,29,30)(H,26,27,28)/t22-/m1/s1. The van der Waals surface area contributed by atoms with Gasteiger partial charge in [-0.15, -0.1) is 11.3 Å². The minimum atomic E-state index is -0.362. The molecule has 1 amide bonds. The Bertz CT molecular complexity index is 1260. The average Bonchev–Trinajstić information content (AvgIpc) is 3.41. The van der Waals surface area contributed by atoms with E-state index in [0.29, 0.717) is 5.95 Å². The van der Waals surface area contributed by atoms with Crippen molar-refractivity contribution in [2.75, 3.05) is 17.7 Å². The van der Waals surface area contributed by atoms with E-state index >= 15 is 0 Å². The average molecular weight is 463 g/mol. The van der Waals surface area contributed by atoms with Crippen LogP contribution in [0.3, 0.4) is 0 Å². The van der Waals surface area contributed by atoms with Crippen molar-refractivity contribution in [2.45, 2.75) is 33.7 Å². The van der Waals surface area contributed by atoms with Crippen molar-refractivity contribution in [3.05, 3.63) is 87.4 Å². The Morgan fingerprint density at radius 2 is 1.79 bits per heavy atom. The number of thiophene rings is 1. The number of methoxy groups -OCH3 is 1. The molecule has 4 rings (SSSR count). The van der Waals surface area contributed by atoms with Crippen molar-refractivity contribution in [2.24, 2.45) is 0 Å². The molecule has 0 aliphatic rings. The van der Waals surface area contributed by atoms with Gasteiger partial charge in [-0.2, -0.15) is 0 Å². The lowest BCUT2D eigenvalue weighted by Crippen LogP contribution is -2.19. The van der Waals surface area contributed by atoms with Gasteiger partial charge >= 0.3 is 0 Å². The van der Waals surface area contributed by atoms with Crippen LogP contribution in [0.25, 0.3) is 0 Å². The molecule has 0 bridgehead atoms. The molecule has 4 aromatic rings. The predicted molar refractivity (Wildman–Crippen MR) is 130 cm³/mol. The second kappa shape index (κ2) is 9.46. The number of aromatic nitrogens is 2. The van der Waals surface area contributed by atoms with Crippen LogP contribution in [0, 0.1) is 27.7 Å². The van der Waals surface area contributed by atoms with E-state index in [9.17, 15) is 4.79 Å². The Morgan fingerprint density at radius 1 is 1.06 bits per heavy atom. The second-order valence-electron chi connectivity index (χ2n) is 7.75. The number of ether oxygens (including phenoxy) is 1. The Labute approximate surface area is 196 Å². The van der Waals surface area contributed by atoms with Gasteiger partial charge in [-0.1, -0.05) is 18.2 Å². The zero-order valence-corrected chi connectivity index (χ0v) is 20.0. The van der Waals surface area contributed by atoms with Crippen molar-refractivity contribution >= 4 is 28.2 Å². The number of furan rings is 1. The smallest absolute Gasteiger partial charge is 0.291 e. The van der Waals surface area contributed by atoms with Crippen molar-refractivity contribution in [3.8, 4) is 5.75 Å². The number of hydrogen-bond acceptors (Lipinski definition) is 7. The Kier molecular flexibility index (Phi) is 6.46. The highest BCUT2D eigenvalue weighted by atomic mass is 32.1. The molecule has 1 atom stereocenters. The zero-order chi connectivity index (χ0) is 23.5. The number of amides is 1. The first kappa shape index (κ1) is 22.5. The largest absolute Gasteiger partial charge is 0.496 e. The van der Waals surface area contributed by atoms with Gasteiger partial charge in [0.25, 0.3) is 5.91 Å². The molecule has 0 spiro atoms. The number of hydrogen-bond donors (Lipinski definition) is 2. The Balaban J connectivity index is 1.84. The van der Waals surface area contributed by atoms with Crippen LogP contribution >= 0.6 is 11.3 Å². The summed E-state index contributed by atoms with van der Waals surface area (Å²) in [7, 11) is 1.65. The molecule has 3 heterocycles. The third-order valence-corrected chi connectivity index (χ3v) is 6.54. The summed E-state index contributed by atoms with van der Waals surface area (Å²) >= 11 is 1.52. The third-order valence-electron chi connectivity index (χ3n) is 5.40. The lowest BCUT2D eigenvalue weighted by molar-refractivity contribution is 0.0997. The summed E-state index contributed by atoms with van der Waals surface area (Å²) in [5.74, 6) is 1.19. The number of para-hydroxylation sites is 1. The minimum Gasteiger partial charge on any atom is -0.496 e. The second-order valence-corrected chi connectivity index (χ2v) is 8.98. The first-order chi connectivity index (χ1) is 15.9. The number of nitrogens with zero attached hydrogens (tertiary/aromatic N) is 2. The van der Waals surface area contributed by atoms with Crippen LogP contribution in [0.1, 0.15) is 49.6 Å². The number of aryl methyl sites for hydroxylation is 3. The quantitative estimate of drug-likeness (QED) is 0.359. The van der Waals surface area contributed by atoms with Gasteiger partial charge in [0.2, 0.25) is 5.95 Å². The van der Waals surface area contributed by atoms with Gasteiger partial charge in [0, 0.05) is 27.4 Å². The highest BCUT2D eigenvalue weighted by molar-refractivity contribution is 7.16. The molecule has 8 heteroatoms. The minimum absolute atomic E-state index is 0.254. The number of carbonyl (C=O) groups is 1. The van der Waals surface area contributed by atoms with Crippen LogP contribution in [0.5, 0.6) is 5.75 Å². The van der Waals surface area contributed by atoms with E-state index in [1.54, 1.807) is 19.2 Å². The monoisotopic (exact) mass is 462 g/mol. The summed E-state index contributed by atoms with van der Waals surface area (Å²) in [5.41, 5.74) is 4.66. The zero-order valence-electron chi connectivity index (χ0n) is 19.2. The fourth-order valence-electron chi connectivity index (χ4n) is 3.79. The Hall–Kier alpha value is -3.65. The van der Waals surface area contributed by atoms with Gasteiger partial charge in [0.1, 0.15) is 10.8 Å². The number of anilines is 2. The number of benzene rings is 1. The van der Waals surface area contributed by atoms with Crippen molar-refractivity contribution < 1.29 is 13.9 Å². The Morgan fingerprint density at radius 3 is 2.45 bits per heavy atom. The van der Waals surface area contributed by atoms with Gasteiger partial charge in [-0.05, 0) is 57.5 Å². The molecule has 7 nitrogen and oxygen atoms in total. The summed E-state index contributed by atoms with van der Waals surface area (Å²) in [6.45, 7) is 7.97. The van der Waals surface area contributed by atoms with E-state index in [0.717, 1.165) is 43.7 Å². The van der Waals surface area contributed by atoms with Crippen molar-refractivity contribution in [3.63, 3.8) is 0 Å². The number of rotatable bonds is 7. The number of carbonyl (C=O) groups excluding carboxylic acids is 1. The maximum Gasteiger partial charge on any atom is 0.291 e. The van der Waals surface area contributed by atoms with E-state index in [1.807, 2.05) is 51.1 Å². The molecule has 0 aliphatic carbocycles. The van der Waals surface area contributed by atoms with E-state index in [1.165, 1.54) is 17.6 Å². The first-order valence-corrected chi connectivity index (χ1v) is 11.4. The van der Waals surface area contributed by atoms with E-state index < -0.39 is 0 Å². The van der Waals surface area contributed by atoms with Crippen LogP contribution < -0.4 is 15.4 Å². The summed E-state index contributed by atoms with van der Waals surface area (Å²) in [5, 5.41) is 7.27. The predicted octanol–water partition coefficient (Wildman–Crippen LogP) is 5.83. The lowest BCUT2D eigenvalue weighted by Gasteiger charge is -2.23. The molecule has 0 saturated heterocycles. The van der Waals surface area contributed by atoms with Crippen molar-refractivity contribution in [1.29, 1.82) is 0 Å². The maximum absolute atomic E-state index is 12.8. The molecular weight excluding hydrogens is 436 g/mol. The molecule has 0 fully saturated rings. The summed E-state index contributed by atoms with van der Waals surface area (Å²) in [6.07, 6.45) is 1.48. The molecule has 33 heavy (non-hydrogen) atoms. The van der Waals surface area contributed by atoms with E-state index in [4.69, 9.17) is 9.15 Å². The van der Waals surface area contributed by atoms with Gasteiger partial charge < -0.3 is 19.8 Å². The molecule has 170 valence electrons. The van der Waals surface area contributed by atoms with Gasteiger partial charge in [-0.25, -0.2) is 9.97 Å². The van der Waals surface area contributed by atoms with Gasteiger partial charge in [0.15, 0.2) is 5.76 Å². The highest BCUT2D eigenvalue weighted by Crippen LogP contribution is 2.43. The van der Waals surface area contributed by atoms with Crippen molar-refractivity contribution in [1.82, 2.24) is 9.97 Å². The molecule has 1 aromatic carbocycles. The normalized spacial score (nSPS) is 11.8. The third kappa shape index (κ3) is 4.75. The van der Waals surface area contributed by atoms with Crippen LogP contribution in [-0.2, 0) is 0 Å². The fraction of sp³-hybridized carbons (Fsp3) is 0.240. The topological polar surface area (TPSA) is 89.3 Å². The van der Waals surface area contributed by atoms with E-state index in [-0.39, 0.29) is 17.7 Å². The fourth-order valence-corrected chi connectivity index (χ4v) is 4.88. The summed E-state index contributed by atoms with van der Waals surface area (Å²) in [6, 6.07) is 12.7. The molecule has 0 saturated carbocycles. The van der Waals surface area contributed by atoms with E-state index in [2.05, 4.69) is 27.5 Å². The molecular formula is C25H26N4O3S. The van der Waals surface area contributed by atoms with Gasteiger partial charge in [0.05, 0.1) is 19.4 Å². The summed E-state index contributed by atoms with van der Waals surface area (Å²) in [4.78, 5) is 23.1. The molecule has 3 aromatic heterocycles. The van der Waals surface area contributed by atoms with Crippen LogP contribution in [0.15, 0.2) is 53.1 Å². The van der Waals surface area contributed by atoms with Crippen LogP contribution in [-0.4, -0.2) is 23.0 Å². The molecule has 0 radical (unpaired) electrons. The maximum atomic E-state index is 12.8.